The molecule has 2 heterocycles. The van der Waals surface area contributed by atoms with E-state index in [0.29, 0.717) is 18.6 Å². The van der Waals surface area contributed by atoms with Crippen LogP contribution in [0.3, 0.4) is 0 Å². The molecule has 4 rings (SSSR count). The molecule has 0 aliphatic carbocycles. The molecule has 1 saturated heterocycles. The highest BCUT2D eigenvalue weighted by atomic mass is 32.2. The van der Waals surface area contributed by atoms with Crippen molar-refractivity contribution >= 4 is 9.84 Å². The van der Waals surface area contributed by atoms with Gasteiger partial charge in [0.05, 0.1) is 11.5 Å². The van der Waals surface area contributed by atoms with Crippen LogP contribution in [0.5, 0.6) is 0 Å². The summed E-state index contributed by atoms with van der Waals surface area (Å²) in [7, 11) is -3.07. The molecule has 23 heavy (non-hydrogen) atoms. The monoisotopic (exact) mass is 327 g/mol. The molecule has 0 amide bonds. The lowest BCUT2D eigenvalue weighted by atomic mass is 9.92. The van der Waals surface area contributed by atoms with Gasteiger partial charge < -0.3 is 0 Å². The fourth-order valence-electron chi connectivity index (χ4n) is 4.11. The van der Waals surface area contributed by atoms with Gasteiger partial charge >= 0.3 is 0 Å². The fraction of sp³-hybridized carbons (Fsp3) is 0.368. The molecule has 0 spiro atoms. The van der Waals surface area contributed by atoms with Crippen LogP contribution in [-0.2, 0) is 15.6 Å². The van der Waals surface area contributed by atoms with Crippen LogP contribution in [0.1, 0.15) is 41.6 Å². The predicted molar refractivity (Wildman–Crippen MR) is 91.8 cm³/mol. The van der Waals surface area contributed by atoms with Crippen LogP contribution >= 0.6 is 0 Å². The Hall–Kier alpha value is -1.65. The second-order valence-corrected chi connectivity index (χ2v) is 8.74. The molecule has 3 nitrogen and oxygen atoms in total. The van der Waals surface area contributed by atoms with Gasteiger partial charge in [0.2, 0.25) is 0 Å². The van der Waals surface area contributed by atoms with Gasteiger partial charge in [0.1, 0.15) is 0 Å². The maximum absolute atomic E-state index is 12.4. The van der Waals surface area contributed by atoms with E-state index in [2.05, 4.69) is 29.2 Å². The van der Waals surface area contributed by atoms with Crippen LogP contribution in [-0.4, -0.2) is 25.6 Å². The third kappa shape index (κ3) is 2.81. The molecular formula is C19H21NO2S. The summed E-state index contributed by atoms with van der Waals surface area (Å²) >= 11 is 0. The van der Waals surface area contributed by atoms with Crippen LogP contribution in [0.4, 0.5) is 0 Å². The van der Waals surface area contributed by atoms with Crippen LogP contribution in [0.25, 0.3) is 0 Å². The quantitative estimate of drug-likeness (QED) is 0.843. The maximum atomic E-state index is 12.4. The number of benzene rings is 2. The summed E-state index contributed by atoms with van der Waals surface area (Å²) in [4.78, 5) is 2.40. The lowest BCUT2D eigenvalue weighted by molar-refractivity contribution is 0.237. The minimum absolute atomic E-state index is 0.143. The van der Waals surface area contributed by atoms with Gasteiger partial charge in [-0.05, 0) is 29.5 Å². The van der Waals surface area contributed by atoms with E-state index in [-0.39, 0.29) is 11.5 Å². The molecule has 2 bridgehead atoms. The highest BCUT2D eigenvalue weighted by Crippen LogP contribution is 2.52. The van der Waals surface area contributed by atoms with Gasteiger partial charge in [-0.3, -0.25) is 4.90 Å². The van der Waals surface area contributed by atoms with E-state index in [9.17, 15) is 8.42 Å². The number of rotatable bonds is 5. The highest BCUT2D eigenvalue weighted by Gasteiger charge is 2.43. The van der Waals surface area contributed by atoms with E-state index in [1.54, 1.807) is 0 Å². The van der Waals surface area contributed by atoms with E-state index in [4.69, 9.17) is 0 Å². The predicted octanol–water partition coefficient (Wildman–Crippen LogP) is 3.49. The van der Waals surface area contributed by atoms with Gasteiger partial charge in [0, 0.05) is 18.6 Å². The molecule has 0 saturated carbocycles. The largest absolute Gasteiger partial charge is 0.288 e. The standard InChI is InChI=1S/C19H21NO2S/c21-23(22,14-15-6-2-1-3-7-15)13-12-20-18-10-11-19(20)17-9-5-4-8-16(17)18/h1-9,18-19H,10-14H2/t18-,19-/m0/s1. The first-order valence-electron chi connectivity index (χ1n) is 8.23. The molecule has 2 aromatic carbocycles. The van der Waals surface area contributed by atoms with E-state index in [1.165, 1.54) is 11.1 Å². The zero-order valence-electron chi connectivity index (χ0n) is 13.1. The summed E-state index contributed by atoms with van der Waals surface area (Å²) in [5, 5.41) is 0. The van der Waals surface area contributed by atoms with Crippen molar-refractivity contribution in [2.24, 2.45) is 0 Å². The van der Waals surface area contributed by atoms with Crippen molar-refractivity contribution < 1.29 is 8.42 Å². The van der Waals surface area contributed by atoms with Crippen LogP contribution < -0.4 is 0 Å². The number of hydrogen-bond acceptors (Lipinski definition) is 3. The Bertz CT molecular complexity index is 770. The first kappa shape index (κ1) is 14.9. The normalized spacial score (nSPS) is 23.1. The SMILES string of the molecule is O=S(=O)(CCN1[C@H]2CC[C@H]1c1ccccc12)Cc1ccccc1. The van der Waals surface area contributed by atoms with Crippen molar-refractivity contribution in [1.29, 1.82) is 0 Å². The van der Waals surface area contributed by atoms with E-state index < -0.39 is 9.84 Å². The van der Waals surface area contributed by atoms with Crippen LogP contribution in [0.2, 0.25) is 0 Å². The Morgan fingerprint density at radius 3 is 2.04 bits per heavy atom. The summed E-state index contributed by atoms with van der Waals surface area (Å²) < 4.78 is 24.9. The Morgan fingerprint density at radius 2 is 1.43 bits per heavy atom. The Kier molecular flexibility index (Phi) is 3.74. The molecule has 0 aromatic heterocycles. The summed E-state index contributed by atoms with van der Waals surface area (Å²) in [6.45, 7) is 0.638. The number of sulfone groups is 1. The summed E-state index contributed by atoms with van der Waals surface area (Å²) in [5.41, 5.74) is 3.69. The fourth-order valence-corrected chi connectivity index (χ4v) is 5.44. The smallest absolute Gasteiger partial charge is 0.155 e. The van der Waals surface area contributed by atoms with Gasteiger partial charge in [-0.15, -0.1) is 0 Å². The lowest BCUT2D eigenvalue weighted by Gasteiger charge is -2.21. The van der Waals surface area contributed by atoms with Crippen LogP contribution in [0.15, 0.2) is 54.6 Å². The maximum Gasteiger partial charge on any atom is 0.155 e. The van der Waals surface area contributed by atoms with Crippen molar-refractivity contribution in [3.63, 3.8) is 0 Å². The molecule has 2 aliphatic heterocycles. The van der Waals surface area contributed by atoms with Gasteiger partial charge in [-0.25, -0.2) is 8.42 Å². The molecule has 2 atom stereocenters. The first-order valence-corrected chi connectivity index (χ1v) is 10.1. The van der Waals surface area contributed by atoms with Gasteiger partial charge in [0.25, 0.3) is 0 Å². The second kappa shape index (κ2) is 5.77. The topological polar surface area (TPSA) is 37.4 Å². The molecule has 4 heteroatoms. The molecule has 1 fully saturated rings. The molecule has 2 aromatic rings. The van der Waals surface area contributed by atoms with Crippen molar-refractivity contribution in [3.8, 4) is 0 Å². The second-order valence-electron chi connectivity index (χ2n) is 6.55. The van der Waals surface area contributed by atoms with Gasteiger partial charge in [0.15, 0.2) is 9.84 Å². The lowest BCUT2D eigenvalue weighted by Crippen LogP contribution is -2.27. The molecule has 0 radical (unpaired) electrons. The average Bonchev–Trinajstić information content (AvgIpc) is 3.10. The van der Waals surface area contributed by atoms with Crippen molar-refractivity contribution in [2.75, 3.05) is 12.3 Å². The highest BCUT2D eigenvalue weighted by molar-refractivity contribution is 7.90. The van der Waals surface area contributed by atoms with Crippen molar-refractivity contribution in [1.82, 2.24) is 4.90 Å². The first-order chi connectivity index (χ1) is 11.1. The summed E-state index contributed by atoms with van der Waals surface area (Å²) in [6, 6.07) is 18.9. The number of nitrogens with zero attached hydrogens (tertiary/aromatic N) is 1. The minimum atomic E-state index is -3.07. The van der Waals surface area contributed by atoms with Crippen molar-refractivity contribution in [2.45, 2.75) is 30.7 Å². The number of hydrogen-bond donors (Lipinski definition) is 0. The molecule has 0 unspecified atom stereocenters. The minimum Gasteiger partial charge on any atom is -0.288 e. The molecule has 2 aliphatic rings. The van der Waals surface area contributed by atoms with E-state index in [1.807, 2.05) is 30.3 Å². The summed E-state index contributed by atoms with van der Waals surface area (Å²) in [5.74, 6) is 0.382. The van der Waals surface area contributed by atoms with Gasteiger partial charge in [-0.2, -0.15) is 0 Å². The van der Waals surface area contributed by atoms with Gasteiger partial charge in [-0.1, -0.05) is 54.6 Å². The number of fused-ring (bicyclic) bond motifs is 5. The summed E-state index contributed by atoms with van der Waals surface area (Å²) in [6.07, 6.45) is 2.31. The van der Waals surface area contributed by atoms with Crippen molar-refractivity contribution in [3.05, 3.63) is 71.3 Å². The average molecular weight is 327 g/mol. The van der Waals surface area contributed by atoms with Crippen LogP contribution in [0, 0.1) is 0 Å². The zero-order valence-corrected chi connectivity index (χ0v) is 13.9. The Balaban J connectivity index is 1.44. The molecule has 0 N–H and O–H groups in total. The third-order valence-electron chi connectivity index (χ3n) is 5.12. The van der Waals surface area contributed by atoms with E-state index >= 15 is 0 Å². The Labute approximate surface area is 137 Å². The molecule has 120 valence electrons. The Morgan fingerprint density at radius 1 is 0.870 bits per heavy atom. The third-order valence-corrected chi connectivity index (χ3v) is 6.70. The molecular weight excluding hydrogens is 306 g/mol. The zero-order chi connectivity index (χ0) is 15.9. The van der Waals surface area contributed by atoms with E-state index in [0.717, 1.165) is 18.4 Å².